The van der Waals surface area contributed by atoms with Gasteiger partial charge in [0.1, 0.15) is 11.6 Å². The summed E-state index contributed by atoms with van der Waals surface area (Å²) in [5, 5.41) is 3.75. The fourth-order valence-electron chi connectivity index (χ4n) is 2.33. The van der Waals surface area contributed by atoms with Crippen molar-refractivity contribution in [3.8, 4) is 0 Å². The Morgan fingerprint density at radius 1 is 1.27 bits per heavy atom. The predicted molar refractivity (Wildman–Crippen MR) is 126 cm³/mol. The number of nitrogens with zero attached hydrogens (tertiary/aromatic N) is 1. The molecule has 0 unspecified atom stereocenters. The van der Waals surface area contributed by atoms with Crippen LogP contribution in [0.25, 0.3) is 0 Å². The average molecular weight is 459 g/mol. The Hall–Kier alpha value is -1.32. The van der Waals surface area contributed by atoms with Crippen molar-refractivity contribution in [2.45, 2.75) is 84.3 Å². The second kappa shape index (κ2) is 10.3. The average Bonchev–Trinajstić information content (AvgIpc) is 3.03. The second-order valence-corrected chi connectivity index (χ2v) is 15.8. The summed E-state index contributed by atoms with van der Waals surface area (Å²) in [6, 6.07) is -0.560. The number of methoxy groups -OCH3 is 1. The molecule has 0 aromatic rings. The van der Waals surface area contributed by atoms with Crippen LogP contribution < -0.4 is 5.32 Å². The predicted octanol–water partition coefficient (Wildman–Crippen LogP) is 4.53. The largest absolute Gasteiger partial charge is 0.466 e. The molecule has 1 amide bonds. The Labute approximate surface area is 186 Å². The van der Waals surface area contributed by atoms with Crippen molar-refractivity contribution in [1.29, 1.82) is 0 Å². The van der Waals surface area contributed by atoms with E-state index in [4.69, 9.17) is 18.9 Å². The van der Waals surface area contributed by atoms with Gasteiger partial charge < -0.3 is 19.2 Å². The lowest BCUT2D eigenvalue weighted by Crippen LogP contribution is -2.49. The number of carbonyl (C=O) groups is 2. The molecular weight excluding hydrogens is 420 g/mol. The molecular formula is C21H38N2O5SSi. The molecule has 1 aliphatic rings. The molecule has 0 aliphatic carbocycles. The lowest BCUT2D eigenvalue weighted by Gasteiger charge is -2.37. The number of hydrogen-bond donors (Lipinski definition) is 1. The Kier molecular flexibility index (Phi) is 9.19. The van der Waals surface area contributed by atoms with E-state index in [1.54, 1.807) is 24.8 Å². The number of ether oxygens (including phenoxy) is 2. The molecule has 1 aliphatic heterocycles. The third-order valence-corrected chi connectivity index (χ3v) is 10.7. The van der Waals surface area contributed by atoms with E-state index in [2.05, 4.69) is 39.2 Å². The minimum atomic E-state index is -2.01. The highest BCUT2D eigenvalue weighted by molar-refractivity contribution is 8.14. The van der Waals surface area contributed by atoms with Gasteiger partial charge in [0.25, 0.3) is 0 Å². The van der Waals surface area contributed by atoms with Crippen molar-refractivity contribution < 1.29 is 23.5 Å². The second-order valence-electron chi connectivity index (χ2n) is 9.96. The van der Waals surface area contributed by atoms with E-state index in [1.165, 1.54) is 7.11 Å². The van der Waals surface area contributed by atoms with E-state index < -0.39 is 26.1 Å². The van der Waals surface area contributed by atoms with E-state index >= 15 is 0 Å². The number of nitrogens with one attached hydrogen (secondary N) is 1. The fourth-order valence-corrected chi connectivity index (χ4v) is 4.40. The van der Waals surface area contributed by atoms with Crippen molar-refractivity contribution in [3.63, 3.8) is 0 Å². The van der Waals surface area contributed by atoms with Gasteiger partial charge in [-0.15, -0.1) is 11.8 Å². The number of esters is 1. The highest BCUT2D eigenvalue weighted by atomic mass is 32.2. The Morgan fingerprint density at radius 2 is 1.87 bits per heavy atom. The van der Waals surface area contributed by atoms with Gasteiger partial charge in [-0.05, 0) is 51.9 Å². The number of aliphatic imine (C=N–C) groups is 1. The van der Waals surface area contributed by atoms with E-state index in [-0.39, 0.29) is 17.0 Å². The number of hydrogen-bond acceptors (Lipinski definition) is 7. The summed E-state index contributed by atoms with van der Waals surface area (Å²) >= 11 is 1.56. The molecule has 0 aromatic carbocycles. The number of carbonyl (C=O) groups excluding carboxylic acids is 2. The standard InChI is InChI=1S/C21H38N2O5SSi/c1-14(18(24)26-8)11-15-13-29-17(22-15)16(23-19(25)28-20(2,3)4)12-27-30(9,10)21(5,6)7/h11,15-16H,12-13H2,1-10H3,(H,23,25)/b14-11-/t15-,16+/m0/s1. The van der Waals surface area contributed by atoms with Crippen LogP contribution in [-0.2, 0) is 18.7 Å². The molecule has 0 spiro atoms. The molecule has 0 radical (unpaired) electrons. The summed E-state index contributed by atoms with van der Waals surface area (Å²) in [5.74, 6) is 0.323. The molecule has 30 heavy (non-hydrogen) atoms. The molecule has 2 atom stereocenters. The van der Waals surface area contributed by atoms with Gasteiger partial charge in [0, 0.05) is 11.3 Å². The van der Waals surface area contributed by atoms with Gasteiger partial charge in [-0.3, -0.25) is 4.99 Å². The Morgan fingerprint density at radius 3 is 2.37 bits per heavy atom. The van der Waals surface area contributed by atoms with Gasteiger partial charge >= 0.3 is 12.1 Å². The molecule has 0 saturated heterocycles. The molecule has 172 valence electrons. The normalized spacial score (nSPS) is 19.2. The van der Waals surface area contributed by atoms with Gasteiger partial charge in [0.15, 0.2) is 8.32 Å². The Bertz CT molecular complexity index is 692. The lowest BCUT2D eigenvalue weighted by molar-refractivity contribution is -0.136. The third-order valence-electron chi connectivity index (χ3n) is 5.05. The quantitative estimate of drug-likeness (QED) is 0.342. The zero-order valence-electron chi connectivity index (χ0n) is 20.0. The minimum Gasteiger partial charge on any atom is -0.466 e. The molecule has 1 heterocycles. The number of amides is 1. The van der Waals surface area contributed by atoms with Crippen LogP contribution in [0.2, 0.25) is 18.1 Å². The maximum atomic E-state index is 12.4. The summed E-state index contributed by atoms with van der Waals surface area (Å²) in [4.78, 5) is 28.8. The SMILES string of the molecule is COC(=O)/C(C)=C\[C@H]1CSC([C@@H](CO[Si](C)(C)C(C)(C)C)NC(=O)OC(C)(C)C)=N1. The van der Waals surface area contributed by atoms with Crippen LogP contribution in [0, 0.1) is 0 Å². The topological polar surface area (TPSA) is 86.2 Å². The summed E-state index contributed by atoms with van der Waals surface area (Å²) in [5.41, 5.74) is -0.0788. The number of thioether (sulfide) groups is 1. The first-order valence-electron chi connectivity index (χ1n) is 10.2. The molecule has 0 bridgehead atoms. The number of alkyl carbamates (subject to hydrolysis) is 1. The van der Waals surface area contributed by atoms with Gasteiger partial charge in [-0.25, -0.2) is 9.59 Å². The van der Waals surface area contributed by atoms with E-state index in [9.17, 15) is 9.59 Å². The van der Waals surface area contributed by atoms with Crippen LogP contribution in [0.3, 0.4) is 0 Å². The van der Waals surface area contributed by atoms with Crippen molar-refractivity contribution in [1.82, 2.24) is 5.32 Å². The van der Waals surface area contributed by atoms with E-state index in [0.717, 1.165) is 5.04 Å². The maximum absolute atomic E-state index is 12.4. The molecule has 9 heteroatoms. The van der Waals surface area contributed by atoms with Crippen molar-refractivity contribution in [2.75, 3.05) is 19.5 Å². The summed E-state index contributed by atoms with van der Waals surface area (Å²) in [7, 11) is -0.651. The first kappa shape index (κ1) is 26.7. The molecule has 1 rings (SSSR count). The van der Waals surface area contributed by atoms with Crippen molar-refractivity contribution in [3.05, 3.63) is 11.6 Å². The van der Waals surface area contributed by atoms with E-state index in [0.29, 0.717) is 17.9 Å². The maximum Gasteiger partial charge on any atom is 0.408 e. The molecule has 1 N–H and O–H groups in total. The number of rotatable bonds is 7. The van der Waals surface area contributed by atoms with Crippen molar-refractivity contribution >= 4 is 37.2 Å². The van der Waals surface area contributed by atoms with E-state index in [1.807, 2.05) is 20.8 Å². The van der Waals surface area contributed by atoms with Crippen LogP contribution in [0.5, 0.6) is 0 Å². The molecule has 0 fully saturated rings. The molecule has 0 aromatic heterocycles. The van der Waals surface area contributed by atoms with Crippen molar-refractivity contribution in [2.24, 2.45) is 4.99 Å². The zero-order valence-corrected chi connectivity index (χ0v) is 21.9. The summed E-state index contributed by atoms with van der Waals surface area (Å²) in [6.07, 6.45) is 1.30. The van der Waals surface area contributed by atoms with Crippen LogP contribution in [0.15, 0.2) is 16.6 Å². The molecule has 7 nitrogen and oxygen atoms in total. The van der Waals surface area contributed by atoms with Gasteiger partial charge in [0.2, 0.25) is 0 Å². The monoisotopic (exact) mass is 458 g/mol. The van der Waals surface area contributed by atoms with Crippen LogP contribution >= 0.6 is 11.8 Å². The highest BCUT2D eigenvalue weighted by Gasteiger charge is 2.39. The minimum absolute atomic E-state index is 0.0526. The van der Waals surface area contributed by atoms with Gasteiger partial charge in [0.05, 0.1) is 24.8 Å². The third kappa shape index (κ3) is 8.43. The Balaban J connectivity index is 3.01. The molecule has 0 saturated carbocycles. The zero-order chi connectivity index (χ0) is 23.3. The first-order valence-corrected chi connectivity index (χ1v) is 14.1. The van der Waals surface area contributed by atoms with Gasteiger partial charge in [-0.1, -0.05) is 20.8 Å². The van der Waals surface area contributed by atoms with Gasteiger partial charge in [-0.2, -0.15) is 0 Å². The van der Waals surface area contributed by atoms with Crippen LogP contribution in [-0.4, -0.2) is 62.6 Å². The highest BCUT2D eigenvalue weighted by Crippen LogP contribution is 2.36. The summed E-state index contributed by atoms with van der Waals surface area (Å²) < 4.78 is 16.5. The first-order chi connectivity index (χ1) is 13.6. The lowest BCUT2D eigenvalue weighted by atomic mass is 10.2. The smallest absolute Gasteiger partial charge is 0.408 e. The fraction of sp³-hybridized carbons (Fsp3) is 0.762. The summed E-state index contributed by atoms with van der Waals surface area (Å²) in [6.45, 7) is 18.4. The van der Waals surface area contributed by atoms with Crippen LogP contribution in [0.4, 0.5) is 4.79 Å². The van der Waals surface area contributed by atoms with Crippen LogP contribution in [0.1, 0.15) is 48.5 Å².